The van der Waals surface area contributed by atoms with E-state index in [9.17, 15) is 9.18 Å². The van der Waals surface area contributed by atoms with Gasteiger partial charge in [0.2, 0.25) is 0 Å². The summed E-state index contributed by atoms with van der Waals surface area (Å²) >= 11 is 0. The van der Waals surface area contributed by atoms with Crippen LogP contribution in [0.4, 0.5) is 14.9 Å². The van der Waals surface area contributed by atoms with E-state index in [1.165, 1.54) is 20.3 Å². The van der Waals surface area contributed by atoms with E-state index in [1.54, 1.807) is 6.92 Å². The molecule has 0 aliphatic carbocycles. The van der Waals surface area contributed by atoms with Gasteiger partial charge in [0.05, 0.1) is 26.5 Å². The summed E-state index contributed by atoms with van der Waals surface area (Å²) in [7, 11) is 2.76. The molecular weight excluding hydrogens is 251 g/mol. The maximum absolute atomic E-state index is 13.5. The predicted octanol–water partition coefficient (Wildman–Crippen LogP) is 1.99. The van der Waals surface area contributed by atoms with Crippen LogP contribution in [-0.2, 0) is 0 Å². The van der Waals surface area contributed by atoms with E-state index >= 15 is 0 Å². The van der Waals surface area contributed by atoms with Gasteiger partial charge in [-0.05, 0) is 6.92 Å². The third-order valence-electron chi connectivity index (χ3n) is 2.24. The number of amides is 2. The topological polar surface area (TPSA) is 59.6 Å². The Morgan fingerprint density at radius 2 is 2.00 bits per heavy atom. The number of urea groups is 1. The molecule has 102 valence electrons. The number of anilines is 1. The molecule has 0 saturated heterocycles. The standard InChI is InChI=1S/C13H15FN2O3/c1-4-5-6-15-13(17)16-10-7-9(14)11(18-2)8-12(10)19-3/h7-8H,6H2,1-3H3,(H2,15,16,17). The Hall–Kier alpha value is -2.42. The van der Waals surface area contributed by atoms with Gasteiger partial charge in [-0.1, -0.05) is 5.92 Å². The Morgan fingerprint density at radius 1 is 1.32 bits per heavy atom. The first kappa shape index (κ1) is 14.6. The fraction of sp³-hybridized carbons (Fsp3) is 0.308. The van der Waals surface area contributed by atoms with Gasteiger partial charge in [-0.2, -0.15) is 0 Å². The zero-order valence-corrected chi connectivity index (χ0v) is 11.0. The highest BCUT2D eigenvalue weighted by Crippen LogP contribution is 2.31. The molecule has 0 atom stereocenters. The molecule has 0 aliphatic heterocycles. The summed E-state index contributed by atoms with van der Waals surface area (Å²) in [6, 6.07) is 1.99. The summed E-state index contributed by atoms with van der Waals surface area (Å²) in [5.74, 6) is 5.07. The highest BCUT2D eigenvalue weighted by atomic mass is 19.1. The van der Waals surface area contributed by atoms with Crippen LogP contribution in [0.25, 0.3) is 0 Å². The summed E-state index contributed by atoms with van der Waals surface area (Å²) in [6.45, 7) is 1.88. The molecule has 0 bridgehead atoms. The van der Waals surface area contributed by atoms with Crippen LogP contribution >= 0.6 is 0 Å². The number of ether oxygens (including phenoxy) is 2. The van der Waals surface area contributed by atoms with Crippen molar-refractivity contribution in [1.82, 2.24) is 5.32 Å². The molecule has 0 aromatic heterocycles. The van der Waals surface area contributed by atoms with Gasteiger partial charge < -0.3 is 20.1 Å². The molecule has 2 amide bonds. The second-order valence-corrected chi connectivity index (χ2v) is 3.42. The van der Waals surface area contributed by atoms with E-state index < -0.39 is 11.8 Å². The quantitative estimate of drug-likeness (QED) is 0.819. The molecule has 1 rings (SSSR count). The van der Waals surface area contributed by atoms with Gasteiger partial charge in [-0.3, -0.25) is 0 Å². The summed E-state index contributed by atoms with van der Waals surface area (Å²) in [5.41, 5.74) is 0.211. The SMILES string of the molecule is CC#CCNC(=O)Nc1cc(F)c(OC)cc1OC. The fourth-order valence-corrected chi connectivity index (χ4v) is 1.34. The smallest absolute Gasteiger partial charge is 0.320 e. The van der Waals surface area contributed by atoms with Crippen molar-refractivity contribution in [3.8, 4) is 23.3 Å². The van der Waals surface area contributed by atoms with Crippen molar-refractivity contribution in [3.05, 3.63) is 17.9 Å². The van der Waals surface area contributed by atoms with E-state index in [0.29, 0.717) is 5.75 Å². The molecular formula is C13H15FN2O3. The van der Waals surface area contributed by atoms with Crippen LogP contribution in [0.2, 0.25) is 0 Å². The lowest BCUT2D eigenvalue weighted by molar-refractivity contribution is 0.253. The summed E-state index contributed by atoms with van der Waals surface area (Å²) < 4.78 is 23.4. The Morgan fingerprint density at radius 3 is 2.58 bits per heavy atom. The van der Waals surface area contributed by atoms with Gasteiger partial charge in [-0.25, -0.2) is 9.18 Å². The van der Waals surface area contributed by atoms with Crippen molar-refractivity contribution in [2.24, 2.45) is 0 Å². The van der Waals surface area contributed by atoms with Crippen LogP contribution in [0, 0.1) is 17.7 Å². The van der Waals surface area contributed by atoms with Gasteiger partial charge in [0.25, 0.3) is 0 Å². The minimum absolute atomic E-state index is 0.0413. The molecule has 0 spiro atoms. The minimum atomic E-state index is -0.591. The van der Waals surface area contributed by atoms with Gasteiger partial charge >= 0.3 is 6.03 Å². The van der Waals surface area contributed by atoms with E-state index in [0.717, 1.165) is 6.07 Å². The number of halogens is 1. The molecule has 2 N–H and O–H groups in total. The van der Waals surface area contributed by atoms with Gasteiger partial charge in [0.15, 0.2) is 11.6 Å². The molecule has 0 heterocycles. The molecule has 0 unspecified atom stereocenters. The largest absolute Gasteiger partial charge is 0.494 e. The molecule has 0 aliphatic rings. The molecule has 1 aromatic rings. The second-order valence-electron chi connectivity index (χ2n) is 3.42. The summed E-state index contributed by atoms with van der Waals surface area (Å²) in [5, 5.41) is 4.97. The van der Waals surface area contributed by atoms with Crippen LogP contribution in [0.3, 0.4) is 0 Å². The number of hydrogen-bond donors (Lipinski definition) is 2. The lowest BCUT2D eigenvalue weighted by Crippen LogP contribution is -2.29. The Labute approximate surface area is 111 Å². The highest BCUT2D eigenvalue weighted by molar-refractivity contribution is 5.91. The second kappa shape index (κ2) is 7.11. The van der Waals surface area contributed by atoms with Gasteiger partial charge in [-0.15, -0.1) is 5.92 Å². The van der Waals surface area contributed by atoms with Crippen molar-refractivity contribution in [2.75, 3.05) is 26.1 Å². The highest BCUT2D eigenvalue weighted by Gasteiger charge is 2.12. The molecule has 6 heteroatoms. The fourth-order valence-electron chi connectivity index (χ4n) is 1.34. The molecule has 19 heavy (non-hydrogen) atoms. The van der Waals surface area contributed by atoms with E-state index in [2.05, 4.69) is 22.5 Å². The monoisotopic (exact) mass is 266 g/mol. The third kappa shape index (κ3) is 4.07. The van der Waals surface area contributed by atoms with Crippen LogP contribution in [0.1, 0.15) is 6.92 Å². The molecule has 1 aromatic carbocycles. The number of benzene rings is 1. The number of carbonyl (C=O) groups excluding carboxylic acids is 1. The lowest BCUT2D eigenvalue weighted by atomic mass is 10.2. The van der Waals surface area contributed by atoms with Crippen LogP contribution in [0.15, 0.2) is 12.1 Å². The maximum atomic E-state index is 13.5. The number of nitrogens with one attached hydrogen (secondary N) is 2. The zero-order chi connectivity index (χ0) is 14.3. The first-order valence-corrected chi connectivity index (χ1v) is 5.48. The summed E-state index contributed by atoms with van der Waals surface area (Å²) in [6.07, 6.45) is 0. The number of methoxy groups -OCH3 is 2. The first-order valence-electron chi connectivity index (χ1n) is 5.48. The maximum Gasteiger partial charge on any atom is 0.320 e. The molecule has 5 nitrogen and oxygen atoms in total. The average molecular weight is 266 g/mol. The van der Waals surface area contributed by atoms with Crippen LogP contribution in [0.5, 0.6) is 11.5 Å². The predicted molar refractivity (Wildman–Crippen MR) is 70.0 cm³/mol. The molecule has 0 fully saturated rings. The van der Waals surface area contributed by atoms with Crippen molar-refractivity contribution in [2.45, 2.75) is 6.92 Å². The number of rotatable bonds is 4. The van der Waals surface area contributed by atoms with Gasteiger partial charge in [0, 0.05) is 12.1 Å². The van der Waals surface area contributed by atoms with E-state index in [4.69, 9.17) is 9.47 Å². The number of hydrogen-bond acceptors (Lipinski definition) is 3. The summed E-state index contributed by atoms with van der Waals surface area (Å²) in [4.78, 5) is 11.5. The first-order chi connectivity index (χ1) is 9.12. The Kier molecular flexibility index (Phi) is 5.48. The minimum Gasteiger partial charge on any atom is -0.494 e. The molecule has 0 saturated carbocycles. The van der Waals surface area contributed by atoms with E-state index in [-0.39, 0.29) is 18.0 Å². The van der Waals surface area contributed by atoms with E-state index in [1.807, 2.05) is 0 Å². The lowest BCUT2D eigenvalue weighted by Gasteiger charge is -2.12. The van der Waals surface area contributed by atoms with Crippen LogP contribution < -0.4 is 20.1 Å². The molecule has 0 radical (unpaired) electrons. The zero-order valence-electron chi connectivity index (χ0n) is 11.0. The van der Waals surface area contributed by atoms with Gasteiger partial charge in [0.1, 0.15) is 5.75 Å². The van der Waals surface area contributed by atoms with Crippen LogP contribution in [-0.4, -0.2) is 26.8 Å². The Bertz CT molecular complexity index is 521. The van der Waals surface area contributed by atoms with Crippen molar-refractivity contribution >= 4 is 11.7 Å². The number of carbonyl (C=O) groups is 1. The van der Waals surface area contributed by atoms with Crippen molar-refractivity contribution < 1.29 is 18.7 Å². The third-order valence-corrected chi connectivity index (χ3v) is 2.24. The average Bonchev–Trinajstić information content (AvgIpc) is 2.39. The van der Waals surface area contributed by atoms with Crippen molar-refractivity contribution in [3.63, 3.8) is 0 Å². The normalized spacial score (nSPS) is 9.05. The van der Waals surface area contributed by atoms with Crippen molar-refractivity contribution in [1.29, 1.82) is 0 Å². The Balaban J connectivity index is 2.84.